The minimum absolute atomic E-state index is 0.00303. The third kappa shape index (κ3) is 2.77. The summed E-state index contributed by atoms with van der Waals surface area (Å²) in [6.07, 6.45) is 2.36. The lowest BCUT2D eigenvalue weighted by Gasteiger charge is -2.10. The van der Waals surface area contributed by atoms with Gasteiger partial charge in [0.1, 0.15) is 11.5 Å². The molecule has 0 spiro atoms. The van der Waals surface area contributed by atoms with Crippen LogP contribution in [0.1, 0.15) is 40.4 Å². The van der Waals surface area contributed by atoms with E-state index in [4.69, 9.17) is 0 Å². The standard InChI is InChI=1S/C20H16F2N2O2/c1-11-18(20(25)26)23-24(17-9-8-15(21)10-16(17)22)19(11)14-6-4-13(5-7-14)12-2-3-12/h4-10,12H,2-3H2,1H3,(H,25,26). The van der Waals surface area contributed by atoms with Gasteiger partial charge in [-0.25, -0.2) is 18.3 Å². The number of carboxylic acid groups (broad SMARTS) is 1. The molecule has 4 rings (SSSR count). The van der Waals surface area contributed by atoms with E-state index in [2.05, 4.69) is 5.10 Å². The fraction of sp³-hybridized carbons (Fsp3) is 0.200. The van der Waals surface area contributed by atoms with Gasteiger partial charge in [0.2, 0.25) is 0 Å². The molecule has 1 aliphatic carbocycles. The summed E-state index contributed by atoms with van der Waals surface area (Å²) in [6, 6.07) is 10.9. The topological polar surface area (TPSA) is 55.1 Å². The first-order chi connectivity index (χ1) is 12.5. The van der Waals surface area contributed by atoms with Gasteiger partial charge in [0.05, 0.1) is 5.69 Å². The third-order valence-corrected chi connectivity index (χ3v) is 4.70. The first-order valence-corrected chi connectivity index (χ1v) is 8.34. The second kappa shape index (κ2) is 6.05. The van der Waals surface area contributed by atoms with Crippen LogP contribution in [0.5, 0.6) is 0 Å². The van der Waals surface area contributed by atoms with Crippen molar-refractivity contribution in [2.75, 3.05) is 0 Å². The number of benzene rings is 2. The fourth-order valence-electron chi connectivity index (χ4n) is 3.20. The smallest absolute Gasteiger partial charge is 0.356 e. The van der Waals surface area contributed by atoms with Gasteiger partial charge in [-0.15, -0.1) is 0 Å². The number of aromatic nitrogens is 2. The number of carbonyl (C=O) groups is 1. The van der Waals surface area contributed by atoms with Gasteiger partial charge in [-0.2, -0.15) is 5.10 Å². The van der Waals surface area contributed by atoms with Crippen LogP contribution in [0.25, 0.3) is 16.9 Å². The number of hydrogen-bond acceptors (Lipinski definition) is 2. The largest absolute Gasteiger partial charge is 0.476 e. The summed E-state index contributed by atoms with van der Waals surface area (Å²) in [6.45, 7) is 1.64. The van der Waals surface area contributed by atoms with Crippen molar-refractivity contribution in [1.82, 2.24) is 9.78 Å². The molecule has 26 heavy (non-hydrogen) atoms. The Balaban J connectivity index is 1.90. The van der Waals surface area contributed by atoms with Crippen LogP contribution >= 0.6 is 0 Å². The second-order valence-corrected chi connectivity index (χ2v) is 6.53. The van der Waals surface area contributed by atoms with Crippen LogP contribution in [-0.4, -0.2) is 20.9 Å². The van der Waals surface area contributed by atoms with Gasteiger partial charge >= 0.3 is 5.97 Å². The van der Waals surface area contributed by atoms with Crippen molar-refractivity contribution in [2.24, 2.45) is 0 Å². The first-order valence-electron chi connectivity index (χ1n) is 8.34. The van der Waals surface area contributed by atoms with E-state index in [1.807, 2.05) is 24.3 Å². The monoisotopic (exact) mass is 354 g/mol. The molecular weight excluding hydrogens is 338 g/mol. The average molecular weight is 354 g/mol. The molecule has 1 N–H and O–H groups in total. The van der Waals surface area contributed by atoms with Crippen molar-refractivity contribution in [3.8, 4) is 16.9 Å². The molecule has 132 valence electrons. The highest BCUT2D eigenvalue weighted by molar-refractivity contribution is 5.90. The minimum atomic E-state index is -1.19. The maximum Gasteiger partial charge on any atom is 0.356 e. The molecule has 0 unspecified atom stereocenters. The van der Waals surface area contributed by atoms with E-state index in [0.717, 1.165) is 17.7 Å². The molecule has 1 aromatic heterocycles. The van der Waals surface area contributed by atoms with E-state index in [1.165, 1.54) is 29.2 Å². The third-order valence-electron chi connectivity index (χ3n) is 4.70. The number of carboxylic acids is 1. The van der Waals surface area contributed by atoms with E-state index in [9.17, 15) is 18.7 Å². The molecule has 1 heterocycles. The molecule has 0 bridgehead atoms. The van der Waals surface area contributed by atoms with Gasteiger partial charge in [-0.1, -0.05) is 24.3 Å². The second-order valence-electron chi connectivity index (χ2n) is 6.53. The highest BCUT2D eigenvalue weighted by atomic mass is 19.1. The average Bonchev–Trinajstić information content (AvgIpc) is 3.39. The van der Waals surface area contributed by atoms with Crippen molar-refractivity contribution >= 4 is 5.97 Å². The molecule has 0 atom stereocenters. The Morgan fingerprint density at radius 1 is 1.15 bits per heavy atom. The van der Waals surface area contributed by atoms with Crippen LogP contribution < -0.4 is 0 Å². The molecule has 0 amide bonds. The SMILES string of the molecule is Cc1c(C(=O)O)nn(-c2ccc(F)cc2F)c1-c1ccc(C2CC2)cc1. The Morgan fingerprint density at radius 2 is 1.85 bits per heavy atom. The van der Waals surface area contributed by atoms with Gasteiger partial charge in [-0.05, 0) is 43.4 Å². The van der Waals surface area contributed by atoms with Crippen LogP contribution in [0.4, 0.5) is 8.78 Å². The highest BCUT2D eigenvalue weighted by Crippen LogP contribution is 2.41. The molecule has 4 nitrogen and oxygen atoms in total. The van der Waals surface area contributed by atoms with Crippen molar-refractivity contribution in [2.45, 2.75) is 25.7 Å². The zero-order chi connectivity index (χ0) is 18.4. The van der Waals surface area contributed by atoms with Gasteiger partial charge < -0.3 is 5.11 Å². The lowest BCUT2D eigenvalue weighted by Crippen LogP contribution is -2.04. The molecule has 1 saturated carbocycles. The Bertz CT molecular complexity index is 1010. The van der Waals surface area contributed by atoms with Gasteiger partial charge in [-0.3, -0.25) is 0 Å². The molecule has 1 aliphatic rings. The summed E-state index contributed by atoms with van der Waals surface area (Å²) < 4.78 is 28.8. The van der Waals surface area contributed by atoms with Gasteiger partial charge in [0.25, 0.3) is 0 Å². The van der Waals surface area contributed by atoms with Crippen LogP contribution in [0.15, 0.2) is 42.5 Å². The van der Waals surface area contributed by atoms with Crippen molar-refractivity contribution in [1.29, 1.82) is 0 Å². The van der Waals surface area contributed by atoms with E-state index in [-0.39, 0.29) is 11.4 Å². The summed E-state index contributed by atoms with van der Waals surface area (Å²) in [7, 11) is 0. The van der Waals surface area contributed by atoms with Gasteiger partial charge in [0.15, 0.2) is 11.5 Å². The van der Waals surface area contributed by atoms with Crippen molar-refractivity contribution < 1.29 is 18.7 Å². The maximum atomic E-state index is 14.3. The highest BCUT2D eigenvalue weighted by Gasteiger charge is 2.25. The van der Waals surface area contributed by atoms with Crippen LogP contribution in [0.3, 0.4) is 0 Å². The predicted octanol–water partition coefficient (Wildman–Crippen LogP) is 4.70. The van der Waals surface area contributed by atoms with Crippen LogP contribution in [0.2, 0.25) is 0 Å². The zero-order valence-electron chi connectivity index (χ0n) is 14.0. The molecular formula is C20H16F2N2O2. The lowest BCUT2D eigenvalue weighted by atomic mass is 10.0. The summed E-state index contributed by atoms with van der Waals surface area (Å²) in [5.41, 5.74) is 2.73. The lowest BCUT2D eigenvalue weighted by molar-refractivity contribution is 0.0689. The Labute approximate surface area is 148 Å². The molecule has 0 radical (unpaired) electrons. The Morgan fingerprint density at radius 3 is 2.42 bits per heavy atom. The van der Waals surface area contributed by atoms with Crippen LogP contribution in [0, 0.1) is 18.6 Å². The normalized spacial score (nSPS) is 13.8. The summed E-state index contributed by atoms with van der Waals surface area (Å²) >= 11 is 0. The number of halogens is 2. The van der Waals surface area contributed by atoms with E-state index >= 15 is 0 Å². The molecule has 3 aromatic rings. The fourth-order valence-corrected chi connectivity index (χ4v) is 3.20. The predicted molar refractivity (Wildman–Crippen MR) is 92.6 cm³/mol. The minimum Gasteiger partial charge on any atom is -0.476 e. The molecule has 1 fully saturated rings. The molecule has 2 aromatic carbocycles. The van der Waals surface area contributed by atoms with E-state index < -0.39 is 17.6 Å². The first kappa shape index (κ1) is 16.4. The number of nitrogens with zero attached hydrogens (tertiary/aromatic N) is 2. The van der Waals surface area contributed by atoms with E-state index in [1.54, 1.807) is 6.92 Å². The Kier molecular flexibility index (Phi) is 3.83. The van der Waals surface area contributed by atoms with E-state index in [0.29, 0.717) is 17.2 Å². The molecule has 0 aliphatic heterocycles. The van der Waals surface area contributed by atoms with Gasteiger partial charge in [0, 0.05) is 17.2 Å². The number of rotatable bonds is 4. The number of aromatic carboxylic acids is 1. The van der Waals surface area contributed by atoms with Crippen LogP contribution in [-0.2, 0) is 0 Å². The summed E-state index contributed by atoms with van der Waals surface area (Å²) in [5, 5.41) is 13.5. The summed E-state index contributed by atoms with van der Waals surface area (Å²) in [4.78, 5) is 11.5. The van der Waals surface area contributed by atoms with Crippen molar-refractivity contribution in [3.63, 3.8) is 0 Å². The zero-order valence-corrected chi connectivity index (χ0v) is 14.0. The maximum absolute atomic E-state index is 14.3. The Hall–Kier alpha value is -3.02. The summed E-state index contributed by atoms with van der Waals surface area (Å²) in [5.74, 6) is -2.11. The molecule has 0 saturated heterocycles. The molecule has 6 heteroatoms. The quantitative estimate of drug-likeness (QED) is 0.739. The number of hydrogen-bond donors (Lipinski definition) is 1. The van der Waals surface area contributed by atoms with Crippen molar-refractivity contribution in [3.05, 3.63) is 70.9 Å².